The lowest BCUT2D eigenvalue weighted by atomic mass is 10.0. The molecule has 2 atom stereocenters. The molecule has 0 aromatic rings. The molecule has 0 radical (unpaired) electrons. The van der Waals surface area contributed by atoms with Crippen LogP contribution in [0.15, 0.2) is 0 Å². The lowest BCUT2D eigenvalue weighted by Gasteiger charge is -2.19. The van der Waals surface area contributed by atoms with Crippen LogP contribution in [0.4, 0.5) is 0 Å². The molecule has 2 unspecified atom stereocenters. The fourth-order valence-electron chi connectivity index (χ4n) is 3.21. The second-order valence-electron chi connectivity index (χ2n) is 9.19. The summed E-state index contributed by atoms with van der Waals surface area (Å²) in [7, 11) is 3.68. The normalized spacial score (nSPS) is 13.1. The van der Waals surface area contributed by atoms with E-state index in [1.807, 2.05) is 21.0 Å². The molecule has 0 aliphatic heterocycles. The highest BCUT2D eigenvalue weighted by molar-refractivity contribution is 5.77. The number of nitrogens with zero attached hydrogens (tertiary/aromatic N) is 2. The van der Waals surface area contributed by atoms with E-state index >= 15 is 0 Å². The average Bonchev–Trinajstić information content (AvgIpc) is 2.75. The van der Waals surface area contributed by atoms with Gasteiger partial charge < -0.3 is 19.3 Å². The van der Waals surface area contributed by atoms with Crippen LogP contribution in [0.1, 0.15) is 85.5 Å². The van der Waals surface area contributed by atoms with Gasteiger partial charge >= 0.3 is 0 Å². The van der Waals surface area contributed by atoms with E-state index in [0.29, 0.717) is 13.2 Å². The lowest BCUT2D eigenvalue weighted by molar-refractivity contribution is -0.136. The standard InChI is InChI=1S/C25H50N2O4/c1-7-9-10-11-13-16-26(5)24(28)20-30-18-23(4)19-31-21-25(29)27(6)17-14-12-15-22(3)8-2/h22-23H,7-21H2,1-6H3. The van der Waals surface area contributed by atoms with Gasteiger partial charge in [0.05, 0.1) is 13.2 Å². The highest BCUT2D eigenvalue weighted by Crippen LogP contribution is 2.11. The van der Waals surface area contributed by atoms with Crippen LogP contribution in [0.25, 0.3) is 0 Å². The highest BCUT2D eigenvalue weighted by Gasteiger charge is 2.12. The molecule has 31 heavy (non-hydrogen) atoms. The summed E-state index contributed by atoms with van der Waals surface area (Å²) in [6, 6.07) is 0. The molecular formula is C25H50N2O4. The van der Waals surface area contributed by atoms with E-state index in [1.165, 1.54) is 38.5 Å². The molecule has 2 amide bonds. The Kier molecular flexibility index (Phi) is 18.8. The van der Waals surface area contributed by atoms with Crippen LogP contribution in [-0.2, 0) is 19.1 Å². The van der Waals surface area contributed by atoms with Crippen LogP contribution >= 0.6 is 0 Å². The summed E-state index contributed by atoms with van der Waals surface area (Å²) in [5.41, 5.74) is 0. The quantitative estimate of drug-likeness (QED) is 0.255. The van der Waals surface area contributed by atoms with Crippen molar-refractivity contribution in [3.63, 3.8) is 0 Å². The Balaban J connectivity index is 3.76. The molecule has 0 N–H and O–H groups in total. The highest BCUT2D eigenvalue weighted by atomic mass is 16.5. The molecule has 0 aliphatic rings. The first-order valence-electron chi connectivity index (χ1n) is 12.4. The largest absolute Gasteiger partial charge is 0.371 e. The van der Waals surface area contributed by atoms with Crippen molar-refractivity contribution in [2.45, 2.75) is 85.5 Å². The number of rotatable bonds is 20. The van der Waals surface area contributed by atoms with Crippen LogP contribution in [0.2, 0.25) is 0 Å². The van der Waals surface area contributed by atoms with Crippen molar-refractivity contribution < 1.29 is 19.1 Å². The number of likely N-dealkylation sites (N-methyl/N-ethyl adjacent to an activating group) is 2. The zero-order valence-corrected chi connectivity index (χ0v) is 21.3. The third-order valence-corrected chi connectivity index (χ3v) is 5.84. The summed E-state index contributed by atoms with van der Waals surface area (Å²) in [4.78, 5) is 27.8. The van der Waals surface area contributed by atoms with Gasteiger partial charge in [-0.1, -0.05) is 72.6 Å². The Bertz CT molecular complexity index is 459. The number of hydrogen-bond acceptors (Lipinski definition) is 4. The van der Waals surface area contributed by atoms with Gasteiger partial charge in [-0.05, 0) is 18.8 Å². The first-order valence-corrected chi connectivity index (χ1v) is 12.4. The van der Waals surface area contributed by atoms with Gasteiger partial charge in [0.1, 0.15) is 13.2 Å². The molecule has 6 nitrogen and oxygen atoms in total. The molecule has 6 heteroatoms. The predicted octanol–water partition coefficient (Wildman–Crippen LogP) is 4.76. The van der Waals surface area contributed by atoms with Crippen molar-refractivity contribution in [3.8, 4) is 0 Å². The molecule has 184 valence electrons. The maximum atomic E-state index is 12.2. The van der Waals surface area contributed by atoms with Crippen LogP contribution in [0.3, 0.4) is 0 Å². The van der Waals surface area contributed by atoms with Gasteiger partial charge in [0.25, 0.3) is 0 Å². The number of unbranched alkanes of at least 4 members (excludes halogenated alkanes) is 5. The SMILES string of the molecule is CCCCCCCN(C)C(=O)COCC(C)COCC(=O)N(C)CCCCC(C)CC. The van der Waals surface area contributed by atoms with E-state index in [4.69, 9.17) is 9.47 Å². The van der Waals surface area contributed by atoms with Crippen molar-refractivity contribution in [1.29, 1.82) is 0 Å². The van der Waals surface area contributed by atoms with Crippen LogP contribution < -0.4 is 0 Å². The fraction of sp³-hybridized carbons (Fsp3) is 0.920. The van der Waals surface area contributed by atoms with Crippen molar-refractivity contribution in [2.75, 3.05) is 53.6 Å². The van der Waals surface area contributed by atoms with Crippen LogP contribution in [0, 0.1) is 11.8 Å². The first kappa shape index (κ1) is 29.9. The third-order valence-electron chi connectivity index (χ3n) is 5.84. The van der Waals surface area contributed by atoms with E-state index < -0.39 is 0 Å². The number of carbonyl (C=O) groups excluding carboxylic acids is 2. The summed E-state index contributed by atoms with van der Waals surface area (Å²) < 4.78 is 11.1. The van der Waals surface area contributed by atoms with Gasteiger partial charge in [0.2, 0.25) is 11.8 Å². The van der Waals surface area contributed by atoms with Crippen LogP contribution in [0.5, 0.6) is 0 Å². The molecule has 0 aromatic carbocycles. The molecule has 0 rings (SSSR count). The summed E-state index contributed by atoms with van der Waals surface area (Å²) in [6.07, 6.45) is 10.6. The smallest absolute Gasteiger partial charge is 0.248 e. The number of ether oxygens (including phenoxy) is 2. The minimum absolute atomic E-state index is 0.0207. The van der Waals surface area contributed by atoms with Gasteiger partial charge in [-0.3, -0.25) is 9.59 Å². The number of carbonyl (C=O) groups is 2. The van der Waals surface area contributed by atoms with E-state index in [0.717, 1.165) is 38.3 Å². The lowest BCUT2D eigenvalue weighted by Crippen LogP contribution is -2.33. The Morgan fingerprint density at radius 1 is 0.710 bits per heavy atom. The molecule has 0 bridgehead atoms. The molecule has 0 saturated carbocycles. The van der Waals surface area contributed by atoms with Crippen molar-refractivity contribution >= 4 is 11.8 Å². The minimum Gasteiger partial charge on any atom is -0.371 e. The second kappa shape index (κ2) is 19.5. The molecule has 0 saturated heterocycles. The van der Waals surface area contributed by atoms with Gasteiger partial charge in [-0.25, -0.2) is 0 Å². The number of hydrogen-bond donors (Lipinski definition) is 0. The Labute approximate surface area is 192 Å². The molecule has 0 fully saturated rings. The van der Waals surface area contributed by atoms with Gasteiger partial charge in [-0.2, -0.15) is 0 Å². The number of amides is 2. The summed E-state index contributed by atoms with van der Waals surface area (Å²) in [6.45, 7) is 11.4. The summed E-state index contributed by atoms with van der Waals surface area (Å²) >= 11 is 0. The van der Waals surface area contributed by atoms with Crippen molar-refractivity contribution in [2.24, 2.45) is 11.8 Å². The predicted molar refractivity (Wildman–Crippen MR) is 128 cm³/mol. The van der Waals surface area contributed by atoms with Gasteiger partial charge in [-0.15, -0.1) is 0 Å². The van der Waals surface area contributed by atoms with Crippen molar-refractivity contribution in [3.05, 3.63) is 0 Å². The maximum absolute atomic E-state index is 12.2. The van der Waals surface area contributed by atoms with Crippen molar-refractivity contribution in [1.82, 2.24) is 9.80 Å². The molecular weight excluding hydrogens is 392 g/mol. The topological polar surface area (TPSA) is 59.1 Å². The summed E-state index contributed by atoms with van der Waals surface area (Å²) in [5.74, 6) is 0.946. The summed E-state index contributed by atoms with van der Waals surface area (Å²) in [5, 5.41) is 0. The maximum Gasteiger partial charge on any atom is 0.248 e. The Morgan fingerprint density at radius 3 is 1.68 bits per heavy atom. The van der Waals surface area contributed by atoms with E-state index in [2.05, 4.69) is 20.8 Å². The molecule has 0 spiro atoms. The van der Waals surface area contributed by atoms with Gasteiger partial charge in [0.15, 0.2) is 0 Å². The minimum atomic E-state index is 0.0207. The second-order valence-corrected chi connectivity index (χ2v) is 9.19. The molecule has 0 aliphatic carbocycles. The zero-order chi connectivity index (χ0) is 23.5. The Morgan fingerprint density at radius 2 is 1.19 bits per heavy atom. The van der Waals surface area contributed by atoms with E-state index in [-0.39, 0.29) is 30.9 Å². The fourth-order valence-corrected chi connectivity index (χ4v) is 3.21. The van der Waals surface area contributed by atoms with E-state index in [1.54, 1.807) is 9.80 Å². The zero-order valence-electron chi connectivity index (χ0n) is 21.3. The first-order chi connectivity index (χ1) is 14.8. The Hall–Kier alpha value is -1.14. The average molecular weight is 443 g/mol. The third kappa shape index (κ3) is 17.1. The molecule has 0 aromatic heterocycles. The van der Waals surface area contributed by atoms with Crippen LogP contribution in [-0.4, -0.2) is 75.2 Å². The monoisotopic (exact) mass is 442 g/mol. The molecule has 0 heterocycles. The van der Waals surface area contributed by atoms with Gasteiger partial charge in [0, 0.05) is 33.1 Å². The van der Waals surface area contributed by atoms with E-state index in [9.17, 15) is 9.59 Å².